The summed E-state index contributed by atoms with van der Waals surface area (Å²) in [7, 11) is 0. The summed E-state index contributed by atoms with van der Waals surface area (Å²) in [4.78, 5) is 26.1. The van der Waals surface area contributed by atoms with Crippen LogP contribution in [0.2, 0.25) is 0 Å². The van der Waals surface area contributed by atoms with Gasteiger partial charge < -0.3 is 4.42 Å². The van der Waals surface area contributed by atoms with Crippen molar-refractivity contribution in [2.24, 2.45) is 4.99 Å². The van der Waals surface area contributed by atoms with Crippen molar-refractivity contribution in [2.75, 3.05) is 0 Å². The predicted octanol–water partition coefficient (Wildman–Crippen LogP) is 4.79. The molecule has 5 rings (SSSR count). The van der Waals surface area contributed by atoms with E-state index in [0.29, 0.717) is 28.7 Å². The summed E-state index contributed by atoms with van der Waals surface area (Å²) in [5, 5.41) is 0.451. The summed E-state index contributed by atoms with van der Waals surface area (Å²) in [5.41, 5.74) is 5.14. The summed E-state index contributed by atoms with van der Waals surface area (Å²) in [6, 6.07) is 20.6. The molecule has 28 heavy (non-hydrogen) atoms. The van der Waals surface area contributed by atoms with Crippen molar-refractivity contribution in [1.82, 2.24) is 9.97 Å². The lowest BCUT2D eigenvalue weighted by molar-refractivity contribution is 0.516. The van der Waals surface area contributed by atoms with E-state index < -0.39 is 5.63 Å². The van der Waals surface area contributed by atoms with E-state index >= 15 is 0 Å². The van der Waals surface area contributed by atoms with Gasteiger partial charge in [0.15, 0.2) is 0 Å². The van der Waals surface area contributed by atoms with E-state index in [2.05, 4.69) is 16.5 Å². The molecule has 134 valence electrons. The van der Waals surface area contributed by atoms with Gasteiger partial charge in [-0.15, -0.1) is 0 Å². The number of aromatic nitrogens is 2. The topological polar surface area (TPSA) is 68.3 Å². The molecule has 1 aliphatic heterocycles. The number of pyridine rings is 1. The SMILES string of the molecule is C=C1CC(c2cccc(-c3nc4ccccc4c(=O)o3)n2)=Nc2ccccc21. The highest BCUT2D eigenvalue weighted by Crippen LogP contribution is 2.33. The molecule has 0 atom stereocenters. The van der Waals surface area contributed by atoms with Crippen molar-refractivity contribution in [2.45, 2.75) is 6.42 Å². The molecule has 2 aromatic heterocycles. The van der Waals surface area contributed by atoms with Gasteiger partial charge in [0.05, 0.1) is 28.0 Å². The molecule has 1 aliphatic rings. The first-order valence-electron chi connectivity index (χ1n) is 8.91. The van der Waals surface area contributed by atoms with Gasteiger partial charge in [0.1, 0.15) is 5.69 Å². The average molecular weight is 365 g/mol. The second kappa shape index (κ2) is 6.39. The highest BCUT2D eigenvalue weighted by Gasteiger charge is 2.18. The van der Waals surface area contributed by atoms with Crippen LogP contribution in [0, 0.1) is 0 Å². The van der Waals surface area contributed by atoms with Crippen LogP contribution in [0.5, 0.6) is 0 Å². The fraction of sp³-hybridized carbons (Fsp3) is 0.0435. The third kappa shape index (κ3) is 2.74. The maximum atomic E-state index is 12.3. The monoisotopic (exact) mass is 365 g/mol. The van der Waals surface area contributed by atoms with Crippen LogP contribution in [0.15, 0.2) is 87.5 Å². The number of rotatable bonds is 2. The van der Waals surface area contributed by atoms with Gasteiger partial charge in [0.25, 0.3) is 0 Å². The van der Waals surface area contributed by atoms with Crippen molar-refractivity contribution < 1.29 is 4.42 Å². The standard InChI is InChI=1S/C23H15N3O2/c1-14-13-21(24-17-9-4-2-7-15(14)17)19-11-6-12-20(25-19)22-26-18-10-5-3-8-16(18)23(27)28-22/h2-12H,1,13H2. The zero-order chi connectivity index (χ0) is 19.1. The molecule has 3 heterocycles. The van der Waals surface area contributed by atoms with Gasteiger partial charge in [-0.25, -0.2) is 14.8 Å². The van der Waals surface area contributed by atoms with Crippen molar-refractivity contribution in [3.63, 3.8) is 0 Å². The van der Waals surface area contributed by atoms with Gasteiger partial charge in [0, 0.05) is 12.0 Å². The van der Waals surface area contributed by atoms with Gasteiger partial charge in [-0.05, 0) is 35.9 Å². The lowest BCUT2D eigenvalue weighted by atomic mass is 9.95. The minimum Gasteiger partial charge on any atom is -0.401 e. The summed E-state index contributed by atoms with van der Waals surface area (Å²) in [5.74, 6) is 0.196. The number of benzene rings is 2. The smallest absolute Gasteiger partial charge is 0.347 e. The zero-order valence-electron chi connectivity index (χ0n) is 14.9. The van der Waals surface area contributed by atoms with Crippen LogP contribution in [-0.4, -0.2) is 15.7 Å². The van der Waals surface area contributed by atoms with Gasteiger partial charge in [0.2, 0.25) is 5.89 Å². The molecule has 4 aromatic rings. The van der Waals surface area contributed by atoms with Crippen LogP contribution in [-0.2, 0) is 0 Å². The van der Waals surface area contributed by atoms with Crippen molar-refractivity contribution in [3.05, 3.63) is 95.0 Å². The molecule has 0 N–H and O–H groups in total. The van der Waals surface area contributed by atoms with E-state index in [1.807, 2.05) is 42.5 Å². The Morgan fingerprint density at radius 3 is 2.57 bits per heavy atom. The molecule has 0 spiro atoms. The summed E-state index contributed by atoms with van der Waals surface area (Å²) >= 11 is 0. The van der Waals surface area contributed by atoms with Crippen LogP contribution < -0.4 is 5.63 Å². The lowest BCUT2D eigenvalue weighted by Crippen LogP contribution is -2.09. The van der Waals surface area contributed by atoms with Crippen LogP contribution in [0.1, 0.15) is 17.7 Å². The molecule has 0 aliphatic carbocycles. The molecule has 5 nitrogen and oxygen atoms in total. The first-order chi connectivity index (χ1) is 13.7. The molecule has 0 amide bonds. The van der Waals surface area contributed by atoms with E-state index in [4.69, 9.17) is 9.41 Å². The molecule has 0 unspecified atom stereocenters. The van der Waals surface area contributed by atoms with Crippen LogP contribution in [0.4, 0.5) is 5.69 Å². The van der Waals surface area contributed by atoms with Crippen molar-refractivity contribution >= 4 is 27.9 Å². The molecule has 0 saturated heterocycles. The van der Waals surface area contributed by atoms with E-state index in [0.717, 1.165) is 22.5 Å². The first-order valence-corrected chi connectivity index (χ1v) is 8.91. The molecular weight excluding hydrogens is 350 g/mol. The Labute approximate surface area is 160 Å². The van der Waals surface area contributed by atoms with Gasteiger partial charge in [-0.1, -0.05) is 43.0 Å². The largest absolute Gasteiger partial charge is 0.401 e. The Kier molecular flexibility index (Phi) is 3.72. The first kappa shape index (κ1) is 16.3. The Balaban J connectivity index is 1.61. The highest BCUT2D eigenvalue weighted by molar-refractivity contribution is 6.09. The Morgan fingerprint density at radius 1 is 0.857 bits per heavy atom. The van der Waals surface area contributed by atoms with Gasteiger partial charge in [-0.3, -0.25) is 4.99 Å². The third-order valence-electron chi connectivity index (χ3n) is 4.72. The molecule has 0 radical (unpaired) electrons. The fourth-order valence-corrected chi connectivity index (χ4v) is 3.34. The quantitative estimate of drug-likeness (QED) is 0.512. The van der Waals surface area contributed by atoms with Crippen LogP contribution >= 0.6 is 0 Å². The van der Waals surface area contributed by atoms with Gasteiger partial charge in [-0.2, -0.15) is 0 Å². The summed E-state index contributed by atoms with van der Waals surface area (Å²) in [6.07, 6.45) is 0.614. The van der Waals surface area contributed by atoms with Crippen LogP contribution in [0.25, 0.3) is 28.1 Å². The second-order valence-electron chi connectivity index (χ2n) is 6.59. The second-order valence-corrected chi connectivity index (χ2v) is 6.59. The Morgan fingerprint density at radius 2 is 1.64 bits per heavy atom. The molecular formula is C23H15N3O2. The highest BCUT2D eigenvalue weighted by atomic mass is 16.4. The van der Waals surface area contributed by atoms with E-state index in [-0.39, 0.29) is 5.89 Å². The predicted molar refractivity (Wildman–Crippen MR) is 110 cm³/mol. The molecule has 2 aromatic carbocycles. The number of fused-ring (bicyclic) bond motifs is 2. The number of para-hydroxylation sites is 2. The fourth-order valence-electron chi connectivity index (χ4n) is 3.34. The van der Waals surface area contributed by atoms with Crippen LogP contribution in [0.3, 0.4) is 0 Å². The third-order valence-corrected chi connectivity index (χ3v) is 4.72. The minimum absolute atomic E-state index is 0.196. The molecule has 0 fully saturated rings. The van der Waals surface area contributed by atoms with Crippen molar-refractivity contribution in [3.8, 4) is 11.6 Å². The van der Waals surface area contributed by atoms with E-state index in [1.54, 1.807) is 24.3 Å². The van der Waals surface area contributed by atoms with E-state index in [9.17, 15) is 4.79 Å². The Bertz CT molecular complexity index is 1340. The lowest BCUT2D eigenvalue weighted by Gasteiger charge is -2.17. The number of nitrogens with zero attached hydrogens (tertiary/aromatic N) is 3. The maximum Gasteiger partial charge on any atom is 0.347 e. The zero-order valence-corrected chi connectivity index (χ0v) is 14.9. The van der Waals surface area contributed by atoms with Crippen molar-refractivity contribution in [1.29, 1.82) is 0 Å². The number of hydrogen-bond acceptors (Lipinski definition) is 5. The maximum absolute atomic E-state index is 12.3. The molecule has 5 heteroatoms. The van der Waals surface area contributed by atoms with E-state index in [1.165, 1.54) is 0 Å². The molecule has 0 bridgehead atoms. The summed E-state index contributed by atoms with van der Waals surface area (Å²) in [6.45, 7) is 4.18. The molecule has 0 saturated carbocycles. The number of aliphatic imine (C=N–C) groups is 1. The normalized spacial score (nSPS) is 13.3. The average Bonchev–Trinajstić information content (AvgIpc) is 2.74. The Hall–Kier alpha value is -3.86. The minimum atomic E-state index is -0.426. The number of allylic oxidation sites excluding steroid dienone is 1. The summed E-state index contributed by atoms with van der Waals surface area (Å²) < 4.78 is 5.41. The van der Waals surface area contributed by atoms with Gasteiger partial charge >= 0.3 is 5.63 Å². The number of hydrogen-bond donors (Lipinski definition) is 0.